The van der Waals surface area contributed by atoms with E-state index in [0.29, 0.717) is 40.9 Å². The molecule has 1 aliphatic carbocycles. The van der Waals surface area contributed by atoms with E-state index in [-0.39, 0.29) is 11.1 Å². The molecule has 1 heterocycles. The Bertz CT molecular complexity index is 1620. The summed E-state index contributed by atoms with van der Waals surface area (Å²) in [6, 6.07) is 11.1. The monoisotopic (exact) mass is 494 g/mol. The number of nitrogens with zero attached hydrogens (tertiary/aromatic N) is 1. The highest BCUT2D eigenvalue weighted by Gasteiger charge is 2.26. The fourth-order valence-electron chi connectivity index (χ4n) is 4.28. The molecule has 2 aromatic carbocycles. The number of rotatable bonds is 6. The SMILES string of the molecule is CCN=c1cc2oc3cc(NCC)c(C)cc3c(-c3ccc(C(=O)O)cc3S(=O)(=O)O)c-2cc1C. The van der Waals surface area contributed by atoms with Crippen molar-refractivity contribution in [2.24, 2.45) is 4.99 Å². The maximum Gasteiger partial charge on any atom is 0.335 e. The number of aryl methyl sites for hydroxylation is 2. The van der Waals surface area contributed by atoms with Gasteiger partial charge < -0.3 is 14.8 Å². The molecule has 2 aromatic rings. The third-order valence-corrected chi connectivity index (χ3v) is 6.75. The molecule has 0 saturated carbocycles. The van der Waals surface area contributed by atoms with Crippen LogP contribution in [-0.2, 0) is 10.1 Å². The van der Waals surface area contributed by atoms with Crippen LogP contribution >= 0.6 is 0 Å². The maximum atomic E-state index is 12.4. The lowest BCUT2D eigenvalue weighted by Crippen LogP contribution is -2.10. The van der Waals surface area contributed by atoms with Crippen LogP contribution in [0.5, 0.6) is 0 Å². The number of fused-ring (bicyclic) bond motifs is 2. The summed E-state index contributed by atoms with van der Waals surface area (Å²) in [6.07, 6.45) is 0. The maximum absolute atomic E-state index is 12.4. The molecule has 35 heavy (non-hydrogen) atoms. The van der Waals surface area contributed by atoms with Crippen molar-refractivity contribution < 1.29 is 27.3 Å². The Kier molecular flexibility index (Phi) is 6.40. The number of hydrogen-bond donors (Lipinski definition) is 3. The van der Waals surface area contributed by atoms with Crippen molar-refractivity contribution in [3.05, 3.63) is 64.5 Å². The number of carboxylic acid groups (broad SMARTS) is 1. The van der Waals surface area contributed by atoms with Gasteiger partial charge in [-0.15, -0.1) is 0 Å². The molecule has 0 unspecified atom stereocenters. The van der Waals surface area contributed by atoms with E-state index in [9.17, 15) is 22.9 Å². The number of carbonyl (C=O) groups is 1. The Morgan fingerprint density at radius 2 is 1.77 bits per heavy atom. The van der Waals surface area contributed by atoms with E-state index in [1.807, 2.05) is 52.0 Å². The van der Waals surface area contributed by atoms with E-state index in [0.717, 1.165) is 28.2 Å². The van der Waals surface area contributed by atoms with Crippen LogP contribution in [0.15, 0.2) is 56.8 Å². The first kappa shape index (κ1) is 24.4. The molecule has 8 nitrogen and oxygen atoms in total. The van der Waals surface area contributed by atoms with E-state index in [4.69, 9.17) is 4.42 Å². The second kappa shape index (κ2) is 9.16. The quantitative estimate of drug-likeness (QED) is 0.251. The molecule has 9 heteroatoms. The number of anilines is 1. The van der Waals surface area contributed by atoms with Crippen molar-refractivity contribution in [1.82, 2.24) is 0 Å². The molecule has 0 bridgehead atoms. The van der Waals surface area contributed by atoms with Crippen molar-refractivity contribution >= 4 is 32.7 Å². The predicted octanol–water partition coefficient (Wildman–Crippen LogP) is 5.12. The third-order valence-electron chi connectivity index (χ3n) is 5.85. The van der Waals surface area contributed by atoms with Crippen molar-refractivity contribution in [1.29, 1.82) is 0 Å². The average molecular weight is 495 g/mol. The van der Waals surface area contributed by atoms with Gasteiger partial charge in [-0.1, -0.05) is 6.07 Å². The van der Waals surface area contributed by atoms with Crippen LogP contribution < -0.4 is 10.7 Å². The lowest BCUT2D eigenvalue weighted by Gasteiger charge is -2.19. The summed E-state index contributed by atoms with van der Waals surface area (Å²) >= 11 is 0. The topological polar surface area (TPSA) is 129 Å². The molecule has 0 saturated heterocycles. The van der Waals surface area contributed by atoms with E-state index < -0.39 is 21.0 Å². The minimum absolute atomic E-state index is 0.179. The van der Waals surface area contributed by atoms with E-state index >= 15 is 0 Å². The first-order chi connectivity index (χ1) is 16.5. The minimum atomic E-state index is -4.75. The van der Waals surface area contributed by atoms with Crippen molar-refractivity contribution in [3.8, 4) is 22.5 Å². The first-order valence-electron chi connectivity index (χ1n) is 11.2. The average Bonchev–Trinajstić information content (AvgIpc) is 2.78. The van der Waals surface area contributed by atoms with Gasteiger partial charge in [-0.05, 0) is 63.1 Å². The summed E-state index contributed by atoms with van der Waals surface area (Å²) in [5, 5.41) is 14.1. The molecule has 4 rings (SSSR count). The smallest absolute Gasteiger partial charge is 0.335 e. The fourth-order valence-corrected chi connectivity index (χ4v) is 5.00. The van der Waals surface area contributed by atoms with E-state index in [1.165, 1.54) is 12.1 Å². The number of carboxylic acids is 1. The molecule has 0 radical (unpaired) electrons. The summed E-state index contributed by atoms with van der Waals surface area (Å²) < 4.78 is 41.1. The molecule has 0 fully saturated rings. The van der Waals surface area contributed by atoms with Gasteiger partial charge in [0.2, 0.25) is 0 Å². The molecule has 0 atom stereocenters. The normalized spacial score (nSPS) is 12.4. The summed E-state index contributed by atoms with van der Waals surface area (Å²) in [6.45, 7) is 9.03. The lowest BCUT2D eigenvalue weighted by atomic mass is 9.91. The molecule has 3 N–H and O–H groups in total. The molecule has 2 aliphatic rings. The minimum Gasteiger partial charge on any atom is -0.478 e. The fraction of sp³-hybridized carbons (Fsp3) is 0.231. The number of nitrogens with one attached hydrogen (secondary N) is 1. The highest BCUT2D eigenvalue weighted by molar-refractivity contribution is 7.86. The second-order valence-corrected chi connectivity index (χ2v) is 9.66. The molecule has 0 aromatic heterocycles. The first-order valence-corrected chi connectivity index (χ1v) is 12.6. The Hall–Kier alpha value is -3.69. The summed E-state index contributed by atoms with van der Waals surface area (Å²) in [5.74, 6) is -0.813. The van der Waals surface area contributed by atoms with Crippen LogP contribution in [-0.4, -0.2) is 37.1 Å². The predicted molar refractivity (Wildman–Crippen MR) is 135 cm³/mol. The molecule has 182 valence electrons. The van der Waals surface area contributed by atoms with Gasteiger partial charge in [-0.25, -0.2) is 4.79 Å². The standard InChI is InChI=1S/C26H26N2O6S/c1-5-27-20-12-22-18(9-14(20)3)25(19-10-15(4)21(28-6-2)13-23(19)34-22)17-8-7-16(26(29)30)11-24(17)35(31,32)33/h7-13,27H,5-6H2,1-4H3,(H,29,30)(H,31,32,33). The third kappa shape index (κ3) is 4.52. The van der Waals surface area contributed by atoms with Crippen molar-refractivity contribution in [3.63, 3.8) is 0 Å². The number of aromatic carboxylic acids is 1. The van der Waals surface area contributed by atoms with Gasteiger partial charge in [0.1, 0.15) is 16.2 Å². The zero-order chi connectivity index (χ0) is 25.5. The van der Waals surface area contributed by atoms with E-state index in [2.05, 4.69) is 10.3 Å². The molecule has 0 amide bonds. The van der Waals surface area contributed by atoms with E-state index in [1.54, 1.807) is 0 Å². The Labute approximate surface area is 203 Å². The van der Waals surface area contributed by atoms with Crippen LogP contribution in [0, 0.1) is 13.8 Å². The molecule has 1 aliphatic heterocycles. The van der Waals surface area contributed by atoms with Crippen LogP contribution in [0.2, 0.25) is 0 Å². The highest BCUT2D eigenvalue weighted by atomic mass is 32.2. The summed E-state index contributed by atoms with van der Waals surface area (Å²) in [4.78, 5) is 15.6. The Morgan fingerprint density at radius 3 is 2.40 bits per heavy atom. The van der Waals surface area contributed by atoms with Gasteiger partial charge in [0.05, 0.1) is 10.9 Å². The largest absolute Gasteiger partial charge is 0.478 e. The van der Waals surface area contributed by atoms with Gasteiger partial charge in [-0.2, -0.15) is 8.42 Å². The molecule has 0 spiro atoms. The zero-order valence-corrected chi connectivity index (χ0v) is 20.7. The van der Waals surface area contributed by atoms with Crippen LogP contribution in [0.25, 0.3) is 33.4 Å². The van der Waals surface area contributed by atoms with Gasteiger partial charge >= 0.3 is 5.97 Å². The van der Waals surface area contributed by atoms with Gasteiger partial charge in [-0.3, -0.25) is 9.55 Å². The van der Waals surface area contributed by atoms with Crippen molar-refractivity contribution in [2.45, 2.75) is 32.6 Å². The lowest BCUT2D eigenvalue weighted by molar-refractivity contribution is 0.0696. The Balaban J connectivity index is 2.23. The summed E-state index contributed by atoms with van der Waals surface area (Å²) in [5.41, 5.74) is 4.23. The number of hydrogen-bond acceptors (Lipinski definition) is 6. The number of benzene rings is 3. The Morgan fingerprint density at radius 1 is 1.03 bits per heavy atom. The zero-order valence-electron chi connectivity index (χ0n) is 19.8. The van der Waals surface area contributed by atoms with Gasteiger partial charge in [0.15, 0.2) is 0 Å². The van der Waals surface area contributed by atoms with Gasteiger partial charge in [0, 0.05) is 53.0 Å². The second-order valence-electron chi connectivity index (χ2n) is 8.27. The van der Waals surface area contributed by atoms with Crippen LogP contribution in [0.1, 0.15) is 35.3 Å². The van der Waals surface area contributed by atoms with Gasteiger partial charge in [0.25, 0.3) is 10.1 Å². The van der Waals surface area contributed by atoms with Crippen LogP contribution in [0.4, 0.5) is 5.69 Å². The summed E-state index contributed by atoms with van der Waals surface area (Å²) in [7, 11) is -4.75. The highest BCUT2D eigenvalue weighted by Crippen LogP contribution is 2.43. The molecular formula is C26H26N2O6S. The van der Waals surface area contributed by atoms with Crippen molar-refractivity contribution in [2.75, 3.05) is 18.4 Å². The van der Waals surface area contributed by atoms with Crippen LogP contribution in [0.3, 0.4) is 0 Å². The molecular weight excluding hydrogens is 468 g/mol.